The number of likely N-dealkylation sites (tertiary alicyclic amines) is 1. The van der Waals surface area contributed by atoms with Gasteiger partial charge in [-0.05, 0) is 38.0 Å². The van der Waals surface area contributed by atoms with Crippen LogP contribution in [0.2, 0.25) is 0 Å². The molecule has 0 aliphatic carbocycles. The molecule has 6 nitrogen and oxygen atoms in total. The zero-order valence-corrected chi connectivity index (χ0v) is 15.4. The minimum Gasteiger partial charge on any atom is -0.450 e. The fraction of sp³-hybridized carbons (Fsp3) is 0.882. The maximum absolute atomic E-state index is 11.7. The number of nitrogens with one attached hydrogen (secondary N) is 2. The van der Waals surface area contributed by atoms with Crippen molar-refractivity contribution < 1.29 is 9.53 Å². The molecule has 1 fully saturated rings. The fourth-order valence-electron chi connectivity index (χ4n) is 2.87. The Morgan fingerprint density at radius 2 is 2.00 bits per heavy atom. The number of carbonyl (C=O) groups excluding carboxylic acids is 1. The summed E-state index contributed by atoms with van der Waals surface area (Å²) in [4.78, 5) is 18.4. The van der Waals surface area contributed by atoms with E-state index in [0.717, 1.165) is 31.4 Å². The second-order valence-electron chi connectivity index (χ2n) is 6.79. The van der Waals surface area contributed by atoms with Crippen LogP contribution in [-0.4, -0.2) is 56.3 Å². The smallest absolute Gasteiger partial charge is 0.407 e. The molecule has 23 heavy (non-hydrogen) atoms. The van der Waals surface area contributed by atoms with E-state index in [1.54, 1.807) is 0 Å². The Morgan fingerprint density at radius 3 is 2.52 bits per heavy atom. The van der Waals surface area contributed by atoms with Crippen LogP contribution >= 0.6 is 0 Å². The topological polar surface area (TPSA) is 66.0 Å². The molecule has 1 saturated heterocycles. The van der Waals surface area contributed by atoms with Crippen LogP contribution in [0.5, 0.6) is 0 Å². The van der Waals surface area contributed by atoms with Gasteiger partial charge in [0.15, 0.2) is 5.96 Å². The third-order valence-corrected chi connectivity index (χ3v) is 4.15. The highest BCUT2D eigenvalue weighted by atomic mass is 16.5. The molecule has 1 rings (SSSR count). The van der Waals surface area contributed by atoms with Crippen molar-refractivity contribution in [2.45, 2.75) is 53.0 Å². The second-order valence-corrected chi connectivity index (χ2v) is 6.79. The third kappa shape index (κ3) is 7.57. The summed E-state index contributed by atoms with van der Waals surface area (Å²) in [5.74, 6) is 2.22. The number of alkyl carbamates (subject to hydrolysis) is 1. The number of nitrogens with zero attached hydrogens (tertiary/aromatic N) is 2. The largest absolute Gasteiger partial charge is 0.450 e. The molecule has 0 aromatic heterocycles. The molecule has 1 unspecified atom stereocenters. The van der Waals surface area contributed by atoms with Crippen LogP contribution < -0.4 is 10.6 Å². The van der Waals surface area contributed by atoms with Gasteiger partial charge >= 0.3 is 6.09 Å². The maximum Gasteiger partial charge on any atom is 0.407 e. The predicted molar refractivity (Wildman–Crippen MR) is 94.7 cm³/mol. The molecule has 0 aromatic carbocycles. The van der Waals surface area contributed by atoms with Gasteiger partial charge in [0.2, 0.25) is 0 Å². The van der Waals surface area contributed by atoms with Gasteiger partial charge in [-0.25, -0.2) is 4.79 Å². The van der Waals surface area contributed by atoms with Crippen LogP contribution in [0, 0.1) is 11.8 Å². The van der Waals surface area contributed by atoms with Gasteiger partial charge in [0.1, 0.15) is 0 Å². The minimum atomic E-state index is -0.346. The summed E-state index contributed by atoms with van der Waals surface area (Å²) < 4.78 is 5.00. The van der Waals surface area contributed by atoms with Gasteiger partial charge in [-0.3, -0.25) is 4.99 Å². The van der Waals surface area contributed by atoms with E-state index in [2.05, 4.69) is 41.3 Å². The van der Waals surface area contributed by atoms with E-state index >= 15 is 0 Å². The zero-order valence-electron chi connectivity index (χ0n) is 15.4. The van der Waals surface area contributed by atoms with Crippen LogP contribution in [0.3, 0.4) is 0 Å². The number of piperidine rings is 1. The van der Waals surface area contributed by atoms with Gasteiger partial charge in [-0.1, -0.05) is 20.8 Å². The first-order valence-corrected chi connectivity index (χ1v) is 8.85. The molecular formula is C17H34N4O2. The van der Waals surface area contributed by atoms with Crippen LogP contribution in [0.4, 0.5) is 4.79 Å². The summed E-state index contributed by atoms with van der Waals surface area (Å²) in [6.45, 7) is 11.6. The molecule has 0 spiro atoms. The summed E-state index contributed by atoms with van der Waals surface area (Å²) in [5.41, 5.74) is 0. The second kappa shape index (κ2) is 10.3. The Bertz CT molecular complexity index is 377. The molecule has 134 valence electrons. The van der Waals surface area contributed by atoms with Crippen molar-refractivity contribution in [1.29, 1.82) is 0 Å². The van der Waals surface area contributed by atoms with E-state index < -0.39 is 0 Å². The molecule has 1 amide bonds. The molecule has 0 saturated carbocycles. The number of guanidine groups is 1. The average Bonchev–Trinajstić information content (AvgIpc) is 2.49. The van der Waals surface area contributed by atoms with Crippen molar-refractivity contribution in [3.8, 4) is 0 Å². The van der Waals surface area contributed by atoms with Crippen molar-refractivity contribution in [1.82, 2.24) is 15.5 Å². The van der Waals surface area contributed by atoms with Crippen LogP contribution in [0.1, 0.15) is 47.0 Å². The Kier molecular flexibility index (Phi) is 8.81. The van der Waals surface area contributed by atoms with Crippen molar-refractivity contribution in [3.63, 3.8) is 0 Å². The van der Waals surface area contributed by atoms with Crippen molar-refractivity contribution in [2.75, 3.05) is 33.3 Å². The molecule has 1 aliphatic heterocycles. The summed E-state index contributed by atoms with van der Waals surface area (Å²) in [7, 11) is 1.82. The lowest BCUT2D eigenvalue weighted by molar-refractivity contribution is 0.146. The number of hydrogen-bond acceptors (Lipinski definition) is 3. The fourth-order valence-corrected chi connectivity index (χ4v) is 2.87. The van der Waals surface area contributed by atoms with Gasteiger partial charge in [0, 0.05) is 32.7 Å². The number of amides is 1. The van der Waals surface area contributed by atoms with Crippen LogP contribution in [-0.2, 0) is 4.74 Å². The number of ether oxygens (including phenoxy) is 1. The van der Waals surface area contributed by atoms with Gasteiger partial charge in [-0.15, -0.1) is 0 Å². The van der Waals surface area contributed by atoms with Crippen LogP contribution in [0.15, 0.2) is 4.99 Å². The monoisotopic (exact) mass is 326 g/mol. The van der Waals surface area contributed by atoms with Gasteiger partial charge in [-0.2, -0.15) is 0 Å². The molecule has 2 N–H and O–H groups in total. The first-order chi connectivity index (χ1) is 11.0. The van der Waals surface area contributed by atoms with Crippen molar-refractivity contribution >= 4 is 12.1 Å². The molecule has 1 atom stereocenters. The molecule has 6 heteroatoms. The predicted octanol–water partition coefficient (Wildman–Crippen LogP) is 2.45. The van der Waals surface area contributed by atoms with E-state index in [1.165, 1.54) is 12.8 Å². The first-order valence-electron chi connectivity index (χ1n) is 8.85. The molecular weight excluding hydrogens is 292 g/mol. The number of rotatable bonds is 6. The normalized spacial score (nSPS) is 18.0. The van der Waals surface area contributed by atoms with Crippen LogP contribution in [0.25, 0.3) is 0 Å². The van der Waals surface area contributed by atoms with E-state index in [4.69, 9.17) is 4.74 Å². The molecule has 1 aliphatic rings. The molecule has 0 bridgehead atoms. The Balaban J connectivity index is 2.51. The Morgan fingerprint density at radius 1 is 1.35 bits per heavy atom. The summed E-state index contributed by atoms with van der Waals surface area (Å²) >= 11 is 0. The van der Waals surface area contributed by atoms with Gasteiger partial charge in [0.05, 0.1) is 6.61 Å². The zero-order chi connectivity index (χ0) is 17.2. The molecule has 1 heterocycles. The lowest BCUT2D eigenvalue weighted by atomic mass is 9.99. The quantitative estimate of drug-likeness (QED) is 0.581. The van der Waals surface area contributed by atoms with E-state index in [9.17, 15) is 4.79 Å². The summed E-state index contributed by atoms with van der Waals surface area (Å²) in [6, 6.07) is 0.0366. The number of aliphatic imine (C=N–C) groups is 1. The highest BCUT2D eigenvalue weighted by Crippen LogP contribution is 2.15. The van der Waals surface area contributed by atoms with E-state index in [-0.39, 0.29) is 12.1 Å². The standard InChI is InChI=1S/C17H34N4O2/c1-6-23-17(22)20-15(11-13(2)3)12-19-16(18-5)21-9-7-14(4)8-10-21/h13-15H,6-12H2,1-5H3,(H,18,19)(H,20,22). The van der Waals surface area contributed by atoms with Crippen molar-refractivity contribution in [3.05, 3.63) is 0 Å². The first kappa shape index (κ1) is 19.6. The lowest BCUT2D eigenvalue weighted by Gasteiger charge is -2.33. The number of hydrogen-bond donors (Lipinski definition) is 2. The van der Waals surface area contributed by atoms with E-state index in [1.807, 2.05) is 14.0 Å². The minimum absolute atomic E-state index is 0.0366. The van der Waals surface area contributed by atoms with Gasteiger partial charge < -0.3 is 20.3 Å². The van der Waals surface area contributed by atoms with Crippen molar-refractivity contribution in [2.24, 2.45) is 16.8 Å². The summed E-state index contributed by atoms with van der Waals surface area (Å²) in [5, 5.41) is 6.35. The molecule has 0 radical (unpaired) electrons. The van der Waals surface area contributed by atoms with Gasteiger partial charge in [0.25, 0.3) is 0 Å². The average molecular weight is 326 g/mol. The third-order valence-electron chi connectivity index (χ3n) is 4.15. The number of carbonyl (C=O) groups is 1. The maximum atomic E-state index is 11.7. The highest BCUT2D eigenvalue weighted by Gasteiger charge is 2.20. The highest BCUT2D eigenvalue weighted by molar-refractivity contribution is 5.80. The Hall–Kier alpha value is -1.46. The SMILES string of the molecule is CCOC(=O)NC(CNC(=NC)N1CCC(C)CC1)CC(C)C. The summed E-state index contributed by atoms with van der Waals surface area (Å²) in [6.07, 6.45) is 2.97. The lowest BCUT2D eigenvalue weighted by Crippen LogP contribution is -2.50. The van der Waals surface area contributed by atoms with E-state index in [0.29, 0.717) is 19.1 Å². The Labute approximate surface area is 141 Å². The molecule has 0 aromatic rings.